The number of hydrogen-bond acceptors (Lipinski definition) is 4. The van der Waals surface area contributed by atoms with E-state index in [2.05, 4.69) is 0 Å². The number of piperidine rings is 1. The fraction of sp³-hybridized carbons (Fsp3) is 0.600. The molecule has 2 N–H and O–H groups in total. The topological polar surface area (TPSA) is 77.8 Å². The molecule has 0 spiro atoms. The van der Waals surface area contributed by atoms with Crippen LogP contribution in [0.5, 0.6) is 0 Å². The van der Waals surface area contributed by atoms with Crippen LogP contribution >= 0.6 is 0 Å². The van der Waals surface area contributed by atoms with Gasteiger partial charge in [-0.2, -0.15) is 4.31 Å². The molecule has 1 aromatic rings. The Morgan fingerprint density at radius 2 is 1.81 bits per heavy atom. The van der Waals surface area contributed by atoms with Crippen molar-refractivity contribution in [2.45, 2.75) is 43.8 Å². The third kappa shape index (κ3) is 3.45. The quantitative estimate of drug-likeness (QED) is 0.877. The van der Waals surface area contributed by atoms with Gasteiger partial charge in [0.25, 0.3) is 0 Å². The zero-order valence-corrected chi connectivity index (χ0v) is 13.5. The predicted octanol–water partition coefficient (Wildman–Crippen LogP) is 1.14. The molecule has 2 rings (SSSR count). The molecule has 0 radical (unpaired) electrons. The van der Waals surface area contributed by atoms with Gasteiger partial charge in [-0.05, 0) is 39.3 Å². The Morgan fingerprint density at radius 3 is 2.33 bits per heavy atom. The van der Waals surface area contributed by atoms with Crippen molar-refractivity contribution in [2.24, 2.45) is 5.92 Å². The van der Waals surface area contributed by atoms with E-state index in [0.717, 1.165) is 5.56 Å². The van der Waals surface area contributed by atoms with E-state index in [1.54, 1.807) is 38.1 Å². The highest BCUT2D eigenvalue weighted by molar-refractivity contribution is 7.89. The molecule has 21 heavy (non-hydrogen) atoms. The molecular formula is C15H23NO4S. The Bertz CT molecular complexity index is 589. The lowest BCUT2D eigenvalue weighted by molar-refractivity contribution is -0.0704. The summed E-state index contributed by atoms with van der Waals surface area (Å²) >= 11 is 0. The summed E-state index contributed by atoms with van der Waals surface area (Å²) < 4.78 is 26.6. The van der Waals surface area contributed by atoms with Crippen molar-refractivity contribution in [2.75, 3.05) is 13.1 Å². The van der Waals surface area contributed by atoms with Crippen molar-refractivity contribution in [3.8, 4) is 0 Å². The van der Waals surface area contributed by atoms with Crippen molar-refractivity contribution in [3.05, 3.63) is 29.8 Å². The van der Waals surface area contributed by atoms with Crippen LogP contribution in [0.15, 0.2) is 29.2 Å². The highest BCUT2D eigenvalue weighted by Crippen LogP contribution is 2.30. The molecule has 1 aliphatic heterocycles. The second-order valence-electron chi connectivity index (χ2n) is 6.29. The zero-order valence-electron chi connectivity index (χ0n) is 12.7. The fourth-order valence-corrected chi connectivity index (χ4v) is 4.16. The minimum Gasteiger partial charge on any atom is -0.393 e. The molecule has 1 heterocycles. The Balaban J connectivity index is 2.27. The second-order valence-corrected chi connectivity index (χ2v) is 8.23. The van der Waals surface area contributed by atoms with Gasteiger partial charge in [0.1, 0.15) is 0 Å². The summed E-state index contributed by atoms with van der Waals surface area (Å²) in [5.74, 6) is -0.494. The zero-order chi connectivity index (χ0) is 15.8. The van der Waals surface area contributed by atoms with E-state index in [1.165, 1.54) is 4.31 Å². The first-order chi connectivity index (χ1) is 9.62. The van der Waals surface area contributed by atoms with E-state index in [-0.39, 0.29) is 18.0 Å². The van der Waals surface area contributed by atoms with Gasteiger partial charge in [0.15, 0.2) is 0 Å². The van der Waals surface area contributed by atoms with Crippen LogP contribution in [0.3, 0.4) is 0 Å². The summed E-state index contributed by atoms with van der Waals surface area (Å²) in [5, 5.41) is 20.1. The molecule has 2 atom stereocenters. The molecule has 0 unspecified atom stereocenters. The van der Waals surface area contributed by atoms with Crippen LogP contribution in [0.2, 0.25) is 0 Å². The first-order valence-corrected chi connectivity index (χ1v) is 8.53. The minimum atomic E-state index is -3.58. The van der Waals surface area contributed by atoms with E-state index in [1.807, 2.05) is 6.92 Å². The monoisotopic (exact) mass is 313 g/mol. The number of aliphatic hydroxyl groups excluding tert-OH is 1. The van der Waals surface area contributed by atoms with Crippen molar-refractivity contribution >= 4 is 10.0 Å². The summed E-state index contributed by atoms with van der Waals surface area (Å²) in [6.45, 7) is 5.49. The first-order valence-electron chi connectivity index (χ1n) is 7.09. The van der Waals surface area contributed by atoms with Crippen LogP contribution in [0.25, 0.3) is 0 Å². The molecule has 0 amide bonds. The lowest BCUT2D eigenvalue weighted by Crippen LogP contribution is -2.53. The van der Waals surface area contributed by atoms with Crippen molar-refractivity contribution < 1.29 is 18.6 Å². The molecule has 5 nitrogen and oxygen atoms in total. The number of sulfonamides is 1. The highest BCUT2D eigenvalue weighted by Gasteiger charge is 2.41. The van der Waals surface area contributed by atoms with Gasteiger partial charge in [0, 0.05) is 19.0 Å². The number of rotatable bonds is 3. The minimum absolute atomic E-state index is 0.126. The van der Waals surface area contributed by atoms with Gasteiger partial charge in [-0.25, -0.2) is 8.42 Å². The third-order valence-corrected chi connectivity index (χ3v) is 5.98. The van der Waals surface area contributed by atoms with Gasteiger partial charge in [-0.3, -0.25) is 0 Å². The maximum atomic E-state index is 12.6. The SMILES string of the molecule is Cc1ccc(S(=O)(=O)N2CC[C@@H](O)[C@@H](C(C)(C)O)C2)cc1. The number of hydrogen-bond donors (Lipinski definition) is 2. The maximum absolute atomic E-state index is 12.6. The summed E-state index contributed by atoms with van der Waals surface area (Å²) in [7, 11) is -3.58. The summed E-state index contributed by atoms with van der Waals surface area (Å²) in [6.07, 6.45) is -0.353. The Kier molecular flexibility index (Phi) is 4.44. The third-order valence-electron chi connectivity index (χ3n) is 4.11. The van der Waals surface area contributed by atoms with E-state index in [4.69, 9.17) is 0 Å². The highest BCUT2D eigenvalue weighted by atomic mass is 32.2. The lowest BCUT2D eigenvalue weighted by Gasteiger charge is -2.41. The second kappa shape index (κ2) is 5.68. The maximum Gasteiger partial charge on any atom is 0.243 e. The average molecular weight is 313 g/mol. The summed E-state index contributed by atoms with van der Waals surface area (Å²) in [5.41, 5.74) is -0.127. The normalized spacial score (nSPS) is 25.0. The van der Waals surface area contributed by atoms with Gasteiger partial charge in [-0.15, -0.1) is 0 Å². The van der Waals surface area contributed by atoms with E-state index in [0.29, 0.717) is 6.42 Å². The smallest absolute Gasteiger partial charge is 0.243 e. The molecule has 0 aromatic heterocycles. The van der Waals surface area contributed by atoms with Crippen LogP contribution in [0.1, 0.15) is 25.8 Å². The average Bonchev–Trinajstić information content (AvgIpc) is 2.38. The summed E-state index contributed by atoms with van der Waals surface area (Å²) in [4.78, 5) is 0.249. The Labute approximate surface area is 126 Å². The van der Waals surface area contributed by atoms with E-state index >= 15 is 0 Å². The molecule has 1 fully saturated rings. The standard InChI is InChI=1S/C15H23NO4S/c1-11-4-6-12(7-5-11)21(19,20)16-9-8-14(17)13(10-16)15(2,3)18/h4-7,13-14,17-18H,8-10H2,1-3H3/t13-,14+/m0/s1. The van der Waals surface area contributed by atoms with Crippen molar-refractivity contribution in [1.29, 1.82) is 0 Å². The number of aryl methyl sites for hydroxylation is 1. The summed E-state index contributed by atoms with van der Waals surface area (Å²) in [6, 6.07) is 6.71. The van der Waals surface area contributed by atoms with Gasteiger partial charge in [0.2, 0.25) is 10.0 Å². The Hall–Kier alpha value is -0.950. The number of nitrogens with zero attached hydrogens (tertiary/aromatic N) is 1. The molecule has 1 aromatic carbocycles. The number of benzene rings is 1. The van der Waals surface area contributed by atoms with Gasteiger partial charge < -0.3 is 10.2 Å². The van der Waals surface area contributed by atoms with Crippen LogP contribution in [0.4, 0.5) is 0 Å². The number of aliphatic hydroxyl groups is 2. The van der Waals surface area contributed by atoms with E-state index in [9.17, 15) is 18.6 Å². The molecule has 0 bridgehead atoms. The molecular weight excluding hydrogens is 290 g/mol. The van der Waals surface area contributed by atoms with Crippen LogP contribution in [-0.4, -0.2) is 47.7 Å². The lowest BCUT2D eigenvalue weighted by atomic mass is 9.83. The Morgan fingerprint density at radius 1 is 1.24 bits per heavy atom. The first kappa shape index (κ1) is 16.4. The van der Waals surface area contributed by atoms with Crippen LogP contribution < -0.4 is 0 Å². The van der Waals surface area contributed by atoms with Crippen LogP contribution in [-0.2, 0) is 10.0 Å². The van der Waals surface area contributed by atoms with Crippen LogP contribution in [0, 0.1) is 12.8 Å². The molecule has 1 aliphatic rings. The fourth-order valence-electron chi connectivity index (χ4n) is 2.68. The predicted molar refractivity (Wildman–Crippen MR) is 80.3 cm³/mol. The van der Waals surface area contributed by atoms with Crippen molar-refractivity contribution in [3.63, 3.8) is 0 Å². The van der Waals surface area contributed by atoms with Gasteiger partial charge >= 0.3 is 0 Å². The largest absolute Gasteiger partial charge is 0.393 e. The molecule has 118 valence electrons. The molecule has 0 saturated carbocycles. The molecule has 1 saturated heterocycles. The van der Waals surface area contributed by atoms with Gasteiger partial charge in [0.05, 0.1) is 16.6 Å². The van der Waals surface area contributed by atoms with Gasteiger partial charge in [-0.1, -0.05) is 17.7 Å². The van der Waals surface area contributed by atoms with E-state index < -0.39 is 27.6 Å². The molecule has 0 aliphatic carbocycles. The van der Waals surface area contributed by atoms with Crippen molar-refractivity contribution in [1.82, 2.24) is 4.31 Å². The molecule has 6 heteroatoms.